The van der Waals surface area contributed by atoms with E-state index >= 15 is 0 Å². The highest BCUT2D eigenvalue weighted by molar-refractivity contribution is 7.68. The van der Waals surface area contributed by atoms with Gasteiger partial charge in [-0.25, -0.2) is 0 Å². The monoisotopic (exact) mass is 284 g/mol. The molecule has 0 aromatic heterocycles. The fourth-order valence-corrected chi connectivity index (χ4v) is 4.62. The van der Waals surface area contributed by atoms with E-state index in [4.69, 9.17) is 4.52 Å². The standard InChI is InChI=1S/C18H21OP/c1-3-11-17(12-4-1)20(18-13-5-2-6-14-18)19-15-16-9-7-8-10-16/h1-6,11-14,16H,7-10,15H2. The highest BCUT2D eigenvalue weighted by atomic mass is 31.1. The lowest BCUT2D eigenvalue weighted by Gasteiger charge is -2.20. The zero-order valence-electron chi connectivity index (χ0n) is 11.7. The summed E-state index contributed by atoms with van der Waals surface area (Å²) in [6.07, 6.45) is 5.44. The molecule has 1 fully saturated rings. The molecule has 2 heteroatoms. The molecule has 1 aliphatic carbocycles. The predicted molar refractivity (Wildman–Crippen MR) is 87.0 cm³/mol. The van der Waals surface area contributed by atoms with Gasteiger partial charge in [-0.05, 0) is 18.8 Å². The van der Waals surface area contributed by atoms with Crippen LogP contribution in [0.5, 0.6) is 0 Å². The van der Waals surface area contributed by atoms with Gasteiger partial charge in [-0.2, -0.15) is 0 Å². The van der Waals surface area contributed by atoms with Crippen LogP contribution in [0.4, 0.5) is 0 Å². The quantitative estimate of drug-likeness (QED) is 0.746. The topological polar surface area (TPSA) is 9.23 Å². The Labute approximate surface area is 122 Å². The van der Waals surface area contributed by atoms with E-state index in [1.54, 1.807) is 0 Å². The first kappa shape index (κ1) is 13.8. The van der Waals surface area contributed by atoms with Crippen LogP contribution in [0.3, 0.4) is 0 Å². The van der Waals surface area contributed by atoms with Crippen LogP contribution < -0.4 is 10.6 Å². The van der Waals surface area contributed by atoms with Crippen molar-refractivity contribution in [2.75, 3.05) is 6.61 Å². The second-order valence-electron chi connectivity index (χ2n) is 5.41. The van der Waals surface area contributed by atoms with E-state index in [0.29, 0.717) is 0 Å². The van der Waals surface area contributed by atoms with Gasteiger partial charge in [0.2, 0.25) is 0 Å². The molecule has 1 saturated carbocycles. The predicted octanol–water partition coefficient (Wildman–Crippen LogP) is 4.24. The van der Waals surface area contributed by atoms with E-state index in [-0.39, 0.29) is 0 Å². The molecule has 2 aromatic carbocycles. The molecule has 0 bridgehead atoms. The second kappa shape index (κ2) is 7.02. The maximum Gasteiger partial charge on any atom is 0.0917 e. The average molecular weight is 284 g/mol. The minimum Gasteiger partial charge on any atom is -0.349 e. The molecular weight excluding hydrogens is 263 g/mol. The van der Waals surface area contributed by atoms with Gasteiger partial charge in [0.25, 0.3) is 0 Å². The van der Waals surface area contributed by atoms with Crippen molar-refractivity contribution in [2.24, 2.45) is 5.92 Å². The van der Waals surface area contributed by atoms with Gasteiger partial charge in [-0.1, -0.05) is 73.5 Å². The van der Waals surface area contributed by atoms with Crippen molar-refractivity contribution < 1.29 is 4.52 Å². The zero-order valence-corrected chi connectivity index (χ0v) is 12.6. The van der Waals surface area contributed by atoms with Crippen molar-refractivity contribution >= 4 is 18.8 Å². The Morgan fingerprint density at radius 2 is 1.30 bits per heavy atom. The Hall–Kier alpha value is -1.17. The van der Waals surface area contributed by atoms with Crippen molar-refractivity contribution in [2.45, 2.75) is 25.7 Å². The van der Waals surface area contributed by atoms with Gasteiger partial charge in [-0.15, -0.1) is 0 Å². The van der Waals surface area contributed by atoms with E-state index < -0.39 is 8.15 Å². The molecule has 0 radical (unpaired) electrons. The maximum atomic E-state index is 6.36. The highest BCUT2D eigenvalue weighted by Gasteiger charge is 2.20. The van der Waals surface area contributed by atoms with Gasteiger partial charge < -0.3 is 4.52 Å². The first-order chi connectivity index (χ1) is 9.93. The molecular formula is C18H21OP. The molecule has 104 valence electrons. The van der Waals surface area contributed by atoms with Gasteiger partial charge >= 0.3 is 0 Å². The smallest absolute Gasteiger partial charge is 0.0917 e. The number of benzene rings is 2. The Morgan fingerprint density at radius 1 is 0.800 bits per heavy atom. The van der Waals surface area contributed by atoms with Crippen LogP contribution in [0.15, 0.2) is 60.7 Å². The third-order valence-electron chi connectivity index (χ3n) is 3.90. The SMILES string of the molecule is c1ccc(P(OCC2CCCC2)c2ccccc2)cc1. The number of hydrogen-bond donors (Lipinski definition) is 0. The van der Waals surface area contributed by atoms with Gasteiger partial charge in [0, 0.05) is 10.6 Å². The largest absolute Gasteiger partial charge is 0.349 e. The van der Waals surface area contributed by atoms with Crippen LogP contribution in [0, 0.1) is 5.92 Å². The van der Waals surface area contributed by atoms with Crippen LogP contribution in [0.25, 0.3) is 0 Å². The summed E-state index contributed by atoms with van der Waals surface area (Å²) in [6.45, 7) is 0.912. The van der Waals surface area contributed by atoms with Gasteiger partial charge in [0.1, 0.15) is 0 Å². The minimum atomic E-state index is -0.667. The third kappa shape index (κ3) is 3.48. The van der Waals surface area contributed by atoms with Crippen LogP contribution in [0.2, 0.25) is 0 Å². The molecule has 3 rings (SSSR count). The molecule has 2 aromatic rings. The summed E-state index contributed by atoms with van der Waals surface area (Å²) >= 11 is 0. The Morgan fingerprint density at radius 3 is 1.80 bits per heavy atom. The van der Waals surface area contributed by atoms with E-state index in [9.17, 15) is 0 Å². The second-order valence-corrected chi connectivity index (χ2v) is 7.29. The minimum absolute atomic E-state index is 0.667. The molecule has 0 heterocycles. The van der Waals surface area contributed by atoms with Crippen LogP contribution in [-0.4, -0.2) is 6.61 Å². The van der Waals surface area contributed by atoms with E-state index in [1.165, 1.54) is 36.3 Å². The van der Waals surface area contributed by atoms with Crippen LogP contribution in [0.1, 0.15) is 25.7 Å². The van der Waals surface area contributed by atoms with E-state index in [1.807, 2.05) is 0 Å². The molecule has 0 N–H and O–H groups in total. The molecule has 20 heavy (non-hydrogen) atoms. The van der Waals surface area contributed by atoms with Crippen molar-refractivity contribution in [1.29, 1.82) is 0 Å². The molecule has 0 aliphatic heterocycles. The van der Waals surface area contributed by atoms with Crippen molar-refractivity contribution in [3.8, 4) is 0 Å². The summed E-state index contributed by atoms with van der Waals surface area (Å²) < 4.78 is 6.36. The highest BCUT2D eigenvalue weighted by Crippen LogP contribution is 2.37. The Bertz CT molecular complexity index is 466. The number of rotatable bonds is 5. The lowest BCUT2D eigenvalue weighted by atomic mass is 10.1. The lowest BCUT2D eigenvalue weighted by molar-refractivity contribution is 0.282. The van der Waals surface area contributed by atoms with Crippen molar-refractivity contribution in [3.63, 3.8) is 0 Å². The van der Waals surface area contributed by atoms with Gasteiger partial charge in [0.05, 0.1) is 14.8 Å². The summed E-state index contributed by atoms with van der Waals surface area (Å²) in [5.74, 6) is 0.771. The van der Waals surface area contributed by atoms with Gasteiger partial charge in [-0.3, -0.25) is 0 Å². The van der Waals surface area contributed by atoms with E-state index in [2.05, 4.69) is 60.7 Å². The Balaban J connectivity index is 1.76. The van der Waals surface area contributed by atoms with Gasteiger partial charge in [0.15, 0.2) is 0 Å². The summed E-state index contributed by atoms with van der Waals surface area (Å²) in [4.78, 5) is 0. The maximum absolute atomic E-state index is 6.36. The first-order valence-electron chi connectivity index (χ1n) is 7.46. The first-order valence-corrected chi connectivity index (χ1v) is 8.72. The molecule has 0 spiro atoms. The molecule has 1 nitrogen and oxygen atoms in total. The lowest BCUT2D eigenvalue weighted by Crippen LogP contribution is -2.16. The molecule has 1 aliphatic rings. The summed E-state index contributed by atoms with van der Waals surface area (Å²) in [5, 5.41) is 2.62. The molecule has 0 amide bonds. The summed E-state index contributed by atoms with van der Waals surface area (Å²) in [6, 6.07) is 21.3. The molecule has 0 unspecified atom stereocenters. The zero-order chi connectivity index (χ0) is 13.6. The summed E-state index contributed by atoms with van der Waals surface area (Å²) in [7, 11) is -0.667. The van der Waals surface area contributed by atoms with E-state index in [0.717, 1.165) is 12.5 Å². The molecule has 0 atom stereocenters. The fourth-order valence-electron chi connectivity index (χ4n) is 2.78. The van der Waals surface area contributed by atoms with Crippen molar-refractivity contribution in [3.05, 3.63) is 60.7 Å². The molecule has 0 saturated heterocycles. The number of hydrogen-bond acceptors (Lipinski definition) is 1. The average Bonchev–Trinajstić information content (AvgIpc) is 3.03. The summed E-state index contributed by atoms with van der Waals surface area (Å²) in [5.41, 5.74) is 0. The normalized spacial score (nSPS) is 15.8. The Kier molecular flexibility index (Phi) is 4.84. The van der Waals surface area contributed by atoms with Crippen LogP contribution in [-0.2, 0) is 4.52 Å². The third-order valence-corrected chi connectivity index (χ3v) is 5.84. The van der Waals surface area contributed by atoms with Crippen molar-refractivity contribution in [1.82, 2.24) is 0 Å². The fraction of sp³-hybridized carbons (Fsp3) is 0.333. The van der Waals surface area contributed by atoms with Crippen LogP contribution >= 0.6 is 8.15 Å².